The normalized spacial score (nSPS) is 18.6. The van der Waals surface area contributed by atoms with E-state index in [1.807, 2.05) is 0 Å². The molecule has 0 bridgehead atoms. The van der Waals surface area contributed by atoms with Gasteiger partial charge in [-0.3, -0.25) is 4.79 Å². The molecule has 1 aliphatic carbocycles. The van der Waals surface area contributed by atoms with E-state index in [2.05, 4.69) is 30.6 Å². The van der Waals surface area contributed by atoms with E-state index in [9.17, 15) is 23.1 Å². The summed E-state index contributed by atoms with van der Waals surface area (Å²) in [6.45, 7) is 2.88. The number of ether oxygens (including phenoxy) is 2. The molecular formula is C24H28F3N7O4. The van der Waals surface area contributed by atoms with Crippen molar-refractivity contribution in [3.8, 4) is 23.1 Å². The van der Waals surface area contributed by atoms with Crippen LogP contribution >= 0.6 is 0 Å². The molecule has 0 spiro atoms. The van der Waals surface area contributed by atoms with E-state index in [1.54, 1.807) is 30.8 Å². The molecule has 1 unspecified atom stereocenters. The number of pyridine rings is 1. The standard InChI is InChI=1S/C24H28F3N7O4/c1-13-19(38-16-6-4-5-15(11-16)22(35)36)8-7-17(30-13)21-18(34(3)33-32-21)12-29-20-9-10-28-23(31-20)37-14(2)24(25,26)27/h7-10,14-16H,4-6,11-12H2,1-3H3,(H,35,36)(H,28,29,31)/t14?,15-,16-/m0/s1. The van der Waals surface area contributed by atoms with E-state index in [0.29, 0.717) is 41.4 Å². The number of carboxylic acid groups (broad SMARTS) is 1. The summed E-state index contributed by atoms with van der Waals surface area (Å²) in [5.41, 5.74) is 2.35. The van der Waals surface area contributed by atoms with E-state index in [4.69, 9.17) is 9.47 Å². The van der Waals surface area contributed by atoms with Gasteiger partial charge in [-0.1, -0.05) is 5.21 Å². The van der Waals surface area contributed by atoms with Crippen LogP contribution in [0.5, 0.6) is 11.8 Å². The predicted molar refractivity (Wildman–Crippen MR) is 128 cm³/mol. The lowest BCUT2D eigenvalue weighted by Gasteiger charge is -2.27. The quantitative estimate of drug-likeness (QED) is 0.414. The Balaban J connectivity index is 1.45. The molecule has 0 aliphatic heterocycles. The fourth-order valence-corrected chi connectivity index (χ4v) is 4.13. The number of halogens is 3. The molecule has 38 heavy (non-hydrogen) atoms. The minimum absolute atomic E-state index is 0.187. The highest BCUT2D eigenvalue weighted by atomic mass is 19.4. The number of nitrogens with one attached hydrogen (secondary N) is 1. The predicted octanol–water partition coefficient (Wildman–Crippen LogP) is 3.94. The molecule has 1 fully saturated rings. The Hall–Kier alpha value is -3.97. The summed E-state index contributed by atoms with van der Waals surface area (Å²) in [6.07, 6.45) is -2.78. The number of hydrogen-bond acceptors (Lipinski definition) is 9. The highest BCUT2D eigenvalue weighted by Crippen LogP contribution is 2.31. The molecule has 1 aliphatic rings. The number of carboxylic acids is 1. The van der Waals surface area contributed by atoms with Crippen LogP contribution in [-0.4, -0.2) is 59.4 Å². The van der Waals surface area contributed by atoms with Gasteiger partial charge in [0, 0.05) is 13.2 Å². The van der Waals surface area contributed by atoms with Gasteiger partial charge >= 0.3 is 18.2 Å². The van der Waals surface area contributed by atoms with Gasteiger partial charge in [-0.15, -0.1) is 5.10 Å². The molecule has 204 valence electrons. The average molecular weight is 536 g/mol. The smallest absolute Gasteiger partial charge is 0.425 e. The Morgan fingerprint density at radius 2 is 2.05 bits per heavy atom. The molecule has 1 saturated carbocycles. The number of nitrogens with zero attached hydrogens (tertiary/aromatic N) is 6. The van der Waals surface area contributed by atoms with Crippen molar-refractivity contribution < 1.29 is 32.5 Å². The van der Waals surface area contributed by atoms with Crippen LogP contribution in [0.2, 0.25) is 0 Å². The summed E-state index contributed by atoms with van der Waals surface area (Å²) in [6, 6.07) is 4.64. The maximum atomic E-state index is 12.8. The molecule has 2 N–H and O–H groups in total. The van der Waals surface area contributed by atoms with Gasteiger partial charge in [-0.25, -0.2) is 14.6 Å². The third-order valence-electron chi connectivity index (χ3n) is 6.31. The molecular weight excluding hydrogens is 507 g/mol. The van der Waals surface area contributed by atoms with Gasteiger partial charge in [-0.2, -0.15) is 18.2 Å². The molecule has 3 heterocycles. The average Bonchev–Trinajstić information content (AvgIpc) is 3.24. The van der Waals surface area contributed by atoms with Crippen molar-refractivity contribution in [2.75, 3.05) is 5.32 Å². The highest BCUT2D eigenvalue weighted by molar-refractivity contribution is 5.70. The van der Waals surface area contributed by atoms with Gasteiger partial charge in [0.25, 0.3) is 0 Å². The zero-order valence-corrected chi connectivity index (χ0v) is 21.1. The minimum atomic E-state index is -4.54. The van der Waals surface area contributed by atoms with Gasteiger partial charge in [0.2, 0.25) is 0 Å². The van der Waals surface area contributed by atoms with Crippen LogP contribution in [0.1, 0.15) is 44.0 Å². The molecule has 3 atom stereocenters. The van der Waals surface area contributed by atoms with Gasteiger partial charge in [-0.05, 0) is 57.7 Å². The number of aryl methyl sites for hydroxylation is 2. The number of carbonyl (C=O) groups is 1. The molecule has 0 aromatic carbocycles. The zero-order valence-electron chi connectivity index (χ0n) is 21.1. The maximum Gasteiger partial charge on any atom is 0.425 e. The van der Waals surface area contributed by atoms with Crippen molar-refractivity contribution in [1.29, 1.82) is 0 Å². The summed E-state index contributed by atoms with van der Waals surface area (Å²) in [5, 5.41) is 20.6. The summed E-state index contributed by atoms with van der Waals surface area (Å²) < 4.78 is 50.8. The van der Waals surface area contributed by atoms with E-state index < -0.39 is 30.2 Å². The third-order valence-corrected chi connectivity index (χ3v) is 6.31. The Labute approximate surface area is 216 Å². The lowest BCUT2D eigenvalue weighted by Crippen LogP contribution is -2.31. The van der Waals surface area contributed by atoms with Crippen molar-refractivity contribution in [3.63, 3.8) is 0 Å². The molecule has 14 heteroatoms. The largest absolute Gasteiger partial charge is 0.489 e. The molecule has 3 aromatic heterocycles. The van der Waals surface area contributed by atoms with Crippen molar-refractivity contribution in [3.05, 3.63) is 35.8 Å². The van der Waals surface area contributed by atoms with E-state index in [0.717, 1.165) is 19.8 Å². The monoisotopic (exact) mass is 535 g/mol. The summed E-state index contributed by atoms with van der Waals surface area (Å²) in [4.78, 5) is 23.7. The van der Waals surface area contributed by atoms with Crippen LogP contribution in [0.15, 0.2) is 24.4 Å². The van der Waals surface area contributed by atoms with Crippen LogP contribution in [0.3, 0.4) is 0 Å². The topological polar surface area (TPSA) is 137 Å². The molecule has 4 rings (SSSR count). The van der Waals surface area contributed by atoms with E-state index in [1.165, 1.54) is 12.3 Å². The fourth-order valence-electron chi connectivity index (χ4n) is 4.13. The number of aliphatic carboxylic acids is 1. The molecule has 3 aromatic rings. The number of anilines is 1. The molecule has 0 radical (unpaired) electrons. The minimum Gasteiger partial charge on any atom is -0.489 e. The second kappa shape index (κ2) is 11.2. The lowest BCUT2D eigenvalue weighted by atomic mass is 9.87. The van der Waals surface area contributed by atoms with Crippen LogP contribution < -0.4 is 14.8 Å². The second-order valence-corrected chi connectivity index (χ2v) is 9.11. The van der Waals surface area contributed by atoms with E-state index >= 15 is 0 Å². The first-order valence-corrected chi connectivity index (χ1v) is 12.1. The van der Waals surface area contributed by atoms with Crippen LogP contribution in [0, 0.1) is 12.8 Å². The van der Waals surface area contributed by atoms with Gasteiger partial charge in [0.15, 0.2) is 6.10 Å². The number of aromatic nitrogens is 6. The van der Waals surface area contributed by atoms with Crippen LogP contribution in [-0.2, 0) is 18.4 Å². The van der Waals surface area contributed by atoms with Crippen LogP contribution in [0.4, 0.5) is 19.0 Å². The Morgan fingerprint density at radius 1 is 1.26 bits per heavy atom. The number of hydrogen-bond donors (Lipinski definition) is 2. The summed E-state index contributed by atoms with van der Waals surface area (Å²) in [7, 11) is 1.71. The summed E-state index contributed by atoms with van der Waals surface area (Å²) >= 11 is 0. The Bertz CT molecular complexity index is 1280. The van der Waals surface area contributed by atoms with E-state index in [-0.39, 0.29) is 18.5 Å². The lowest BCUT2D eigenvalue weighted by molar-refractivity contribution is -0.190. The Morgan fingerprint density at radius 3 is 2.76 bits per heavy atom. The molecule has 11 nitrogen and oxygen atoms in total. The van der Waals surface area contributed by atoms with Gasteiger partial charge in [0.05, 0.1) is 35.6 Å². The fraction of sp³-hybridized carbons (Fsp3) is 0.500. The highest BCUT2D eigenvalue weighted by Gasteiger charge is 2.38. The first-order valence-electron chi connectivity index (χ1n) is 12.1. The maximum absolute atomic E-state index is 12.8. The SMILES string of the molecule is Cc1nc(-c2nnn(C)c2CNc2ccnc(OC(C)C(F)(F)F)n2)ccc1O[C@H]1CCC[C@H](C(=O)O)C1. The van der Waals surface area contributed by atoms with Crippen molar-refractivity contribution in [2.45, 2.75) is 64.5 Å². The third kappa shape index (κ3) is 6.47. The first kappa shape index (κ1) is 27.1. The van der Waals surface area contributed by atoms with Crippen molar-refractivity contribution in [2.24, 2.45) is 13.0 Å². The van der Waals surface area contributed by atoms with Crippen LogP contribution in [0.25, 0.3) is 11.4 Å². The summed E-state index contributed by atoms with van der Waals surface area (Å²) in [5.74, 6) is -0.359. The molecule has 0 amide bonds. The second-order valence-electron chi connectivity index (χ2n) is 9.11. The number of rotatable bonds is 9. The molecule has 0 saturated heterocycles. The zero-order chi connectivity index (χ0) is 27.4. The van der Waals surface area contributed by atoms with Crippen molar-refractivity contribution >= 4 is 11.8 Å². The number of alkyl halides is 3. The first-order chi connectivity index (χ1) is 18.0. The van der Waals surface area contributed by atoms with Gasteiger partial charge < -0.3 is 19.9 Å². The van der Waals surface area contributed by atoms with Crippen molar-refractivity contribution in [1.82, 2.24) is 29.9 Å². The Kier molecular flexibility index (Phi) is 7.97. The van der Waals surface area contributed by atoms with Gasteiger partial charge in [0.1, 0.15) is 17.3 Å².